The monoisotopic (exact) mass is 1590 g/mol. The highest BCUT2D eigenvalue weighted by Gasteiger charge is 2.47. The average molecular weight is 1590 g/mol. The number of ether oxygens (including phenoxy) is 18. The highest BCUT2D eigenvalue weighted by molar-refractivity contribution is 5.79. The third kappa shape index (κ3) is 45.7. The van der Waals surface area contributed by atoms with Crippen molar-refractivity contribution in [3.05, 3.63) is 0 Å². The molecule has 0 aromatic carbocycles. The van der Waals surface area contributed by atoms with Crippen LogP contribution in [0.2, 0.25) is 0 Å². The first kappa shape index (κ1) is 96.9. The molecule has 0 unspecified atom stereocenters. The van der Waals surface area contributed by atoms with E-state index in [0.29, 0.717) is 64.5 Å². The van der Waals surface area contributed by atoms with Gasteiger partial charge in [-0.2, -0.15) is 0 Å². The van der Waals surface area contributed by atoms with Gasteiger partial charge in [0.05, 0.1) is 52.7 Å². The van der Waals surface area contributed by atoms with Gasteiger partial charge >= 0.3 is 53.7 Å². The number of hydrogen-bond acceptors (Lipinski definition) is 33. The fraction of sp³-hybridized carbons (Fsp3) is 0.792. The van der Waals surface area contributed by atoms with Gasteiger partial charge in [0.1, 0.15) is 56.4 Å². The van der Waals surface area contributed by atoms with Crippen LogP contribution in [0.15, 0.2) is 0 Å². The summed E-state index contributed by atoms with van der Waals surface area (Å²) in [7, 11) is 0. The molecule has 39 heteroatoms. The van der Waals surface area contributed by atoms with Crippen LogP contribution in [0.5, 0.6) is 0 Å². The molecule has 0 bridgehead atoms. The number of carbonyl (C=O) groups excluding carboxylic acids is 15. The van der Waals surface area contributed by atoms with E-state index in [9.17, 15) is 71.9 Å². The lowest BCUT2D eigenvalue weighted by Crippen LogP contribution is -2.54. The summed E-state index contributed by atoms with van der Waals surface area (Å²) in [4.78, 5) is 182. The van der Waals surface area contributed by atoms with E-state index in [4.69, 9.17) is 85.3 Å². The van der Waals surface area contributed by atoms with Gasteiger partial charge in [0.2, 0.25) is 35.4 Å². The molecule has 39 nitrogen and oxygen atoms in total. The molecule has 6 amide bonds. The normalized spacial score (nSPS) is 21.5. The van der Waals surface area contributed by atoms with Crippen LogP contribution in [-0.4, -0.2) is 275 Å². The van der Waals surface area contributed by atoms with Crippen molar-refractivity contribution in [2.45, 2.75) is 252 Å². The van der Waals surface area contributed by atoms with E-state index >= 15 is 0 Å². The van der Waals surface area contributed by atoms with Gasteiger partial charge in [-0.1, -0.05) is 6.92 Å². The van der Waals surface area contributed by atoms with E-state index in [-0.39, 0.29) is 186 Å². The summed E-state index contributed by atoms with van der Waals surface area (Å²) in [5.41, 5.74) is -0.834. The summed E-state index contributed by atoms with van der Waals surface area (Å²) >= 11 is 0. The molecular weight excluding hydrogens is 1480 g/mol. The van der Waals surface area contributed by atoms with Gasteiger partial charge in [-0.15, -0.1) is 0 Å². The molecule has 3 heterocycles. The van der Waals surface area contributed by atoms with Gasteiger partial charge in [0, 0.05) is 165 Å². The third-order valence-corrected chi connectivity index (χ3v) is 16.3. The Balaban J connectivity index is 1.40. The van der Waals surface area contributed by atoms with Gasteiger partial charge in [0.25, 0.3) is 0 Å². The number of nitrogens with one attached hydrogen (secondary N) is 6. The molecule has 3 saturated heterocycles. The van der Waals surface area contributed by atoms with Crippen molar-refractivity contribution in [1.29, 1.82) is 0 Å². The summed E-state index contributed by atoms with van der Waals surface area (Å²) in [6.07, 6.45) is -7.54. The van der Waals surface area contributed by atoms with Crippen molar-refractivity contribution >= 4 is 89.2 Å². The Labute approximate surface area is 645 Å². The van der Waals surface area contributed by atoms with E-state index in [1.165, 1.54) is 62.3 Å². The molecular formula is C72H116N6O33. The Kier molecular flexibility index (Phi) is 48.2. The molecule has 3 aliphatic heterocycles. The number of rotatable bonds is 55. The van der Waals surface area contributed by atoms with E-state index in [1.54, 1.807) is 0 Å². The smallest absolute Gasteiger partial charge is 0.303 e. The van der Waals surface area contributed by atoms with Crippen LogP contribution < -0.4 is 31.9 Å². The average Bonchev–Trinajstić information content (AvgIpc) is 0.830. The van der Waals surface area contributed by atoms with Crippen molar-refractivity contribution in [3.63, 3.8) is 0 Å². The molecule has 3 fully saturated rings. The van der Waals surface area contributed by atoms with Crippen molar-refractivity contribution < 1.29 is 157 Å². The number of hydrogen-bond donors (Lipinski definition) is 6. The maximum absolute atomic E-state index is 12.8. The fourth-order valence-electron chi connectivity index (χ4n) is 11.3. The molecule has 12 atom stereocenters. The quantitative estimate of drug-likeness (QED) is 0.0213. The largest absolute Gasteiger partial charge is 0.463 e. The highest BCUT2D eigenvalue weighted by Crippen LogP contribution is 2.31. The zero-order chi connectivity index (χ0) is 82.1. The van der Waals surface area contributed by atoms with E-state index in [2.05, 4.69) is 31.9 Å². The van der Waals surface area contributed by atoms with Crippen LogP contribution in [0.3, 0.4) is 0 Å². The van der Waals surface area contributed by atoms with Crippen LogP contribution in [-0.2, 0) is 157 Å². The highest BCUT2D eigenvalue weighted by atomic mass is 16.7. The minimum Gasteiger partial charge on any atom is -0.463 e. The lowest BCUT2D eigenvalue weighted by Gasteiger charge is -2.39. The van der Waals surface area contributed by atoms with E-state index in [1.807, 2.05) is 6.92 Å². The van der Waals surface area contributed by atoms with Crippen LogP contribution in [0.4, 0.5) is 0 Å². The van der Waals surface area contributed by atoms with Crippen molar-refractivity contribution in [3.8, 4) is 0 Å². The lowest BCUT2D eigenvalue weighted by molar-refractivity contribution is -0.266. The molecule has 111 heavy (non-hydrogen) atoms. The van der Waals surface area contributed by atoms with Gasteiger partial charge in [0.15, 0.2) is 37.2 Å². The Morgan fingerprint density at radius 3 is 0.820 bits per heavy atom. The van der Waals surface area contributed by atoms with Crippen LogP contribution in [0.1, 0.15) is 178 Å². The number of amides is 6. The summed E-state index contributed by atoms with van der Waals surface area (Å²) in [5.74, 6) is -7.39. The Morgan fingerprint density at radius 1 is 0.306 bits per heavy atom. The zero-order valence-corrected chi connectivity index (χ0v) is 65.4. The standard InChI is InChI=1S/C72H116N6O33/c1-45(79)100-38-57-69(106-51(7)85)54(103-48(4)82)35-66(109-57)97-29-14-11-19-60(88)73-25-17-27-75-63(91)22-32-94-41-72(10,43-96-34-24-65(93)78-44-77-62(90)21-13-16-31-99-68-37-56(105-50(6)84)71(108-53(9)87)59(111-68)40-102-47(3)81)42-95-33-23-64(92)76-28-18-26-74-61(89)20-12-15-30-98-67-36-55(104-49(5)83)70(107-52(8)86)58(110-67)39-101-46(2)80/h54-59,66-71H,11-44H2,1-10H3,(H,73,88)(H,74,89)(H,75,91)(H,76,92)(H,77,90)(H,78,93)/t54-,55-,56-,57-,58-,59-,66-,67-,68-,69-,70-,71-/m1/s1. The van der Waals surface area contributed by atoms with Crippen LogP contribution >= 0.6 is 0 Å². The predicted molar refractivity (Wildman–Crippen MR) is 379 cm³/mol. The first-order chi connectivity index (χ1) is 52.8. The van der Waals surface area contributed by atoms with E-state index < -0.39 is 139 Å². The number of carbonyl (C=O) groups is 15. The Hall–Kier alpha value is -8.31. The van der Waals surface area contributed by atoms with Crippen molar-refractivity contribution in [2.24, 2.45) is 5.41 Å². The maximum atomic E-state index is 12.8. The SMILES string of the molecule is CC(=O)OC[C@H]1O[C@@H](OCCCCC(=O)NCCCNC(=O)CCOCC(C)(COCCC(=O)NCCCNC(=O)CCCCO[C@H]2C[C@@H](OC(C)=O)[C@@H](OC(C)=O)[C@@H](COC(C)=O)O2)COCCC(=O)NCNC(=O)CCCCO[C@H]2C[C@@H](OC(C)=O)[C@@H](OC(C)=O)[C@@H](COC(C)=O)O2)C[C@@H](OC(C)=O)[C@H]1OC(C)=O. The Morgan fingerprint density at radius 2 is 0.559 bits per heavy atom. The Bertz CT molecular complexity index is 2820. The van der Waals surface area contributed by atoms with Gasteiger partial charge in [-0.25, -0.2) is 0 Å². The molecule has 632 valence electrons. The molecule has 0 saturated carbocycles. The predicted octanol–water partition coefficient (Wildman–Crippen LogP) is 0.833. The maximum Gasteiger partial charge on any atom is 0.303 e. The molecule has 0 radical (unpaired) electrons. The third-order valence-electron chi connectivity index (χ3n) is 16.3. The molecule has 0 aliphatic carbocycles. The summed E-state index contributed by atoms with van der Waals surface area (Å²) in [6.45, 7) is 13.3. The molecule has 0 aromatic heterocycles. The first-order valence-corrected chi connectivity index (χ1v) is 37.4. The minimum atomic E-state index is -1.06. The summed E-state index contributed by atoms with van der Waals surface area (Å²) in [6, 6.07) is 0. The zero-order valence-electron chi connectivity index (χ0n) is 65.4. The van der Waals surface area contributed by atoms with Crippen molar-refractivity contribution in [1.82, 2.24) is 31.9 Å². The van der Waals surface area contributed by atoms with Crippen LogP contribution in [0.25, 0.3) is 0 Å². The van der Waals surface area contributed by atoms with Gasteiger partial charge in [-0.3, -0.25) is 71.9 Å². The molecule has 3 aliphatic rings. The summed E-state index contributed by atoms with van der Waals surface area (Å²) in [5, 5.41) is 16.5. The molecule has 3 rings (SSSR count). The molecule has 0 aromatic rings. The number of unbranched alkanes of at least 4 members (excludes halogenated alkanes) is 3. The fourth-order valence-corrected chi connectivity index (χ4v) is 11.3. The van der Waals surface area contributed by atoms with Crippen molar-refractivity contribution in [2.75, 3.05) is 112 Å². The van der Waals surface area contributed by atoms with Crippen LogP contribution in [0, 0.1) is 5.41 Å². The molecule has 0 spiro atoms. The first-order valence-electron chi connectivity index (χ1n) is 37.4. The lowest BCUT2D eigenvalue weighted by atomic mass is 9.94. The second-order valence-electron chi connectivity index (χ2n) is 26.8. The second-order valence-corrected chi connectivity index (χ2v) is 26.8. The minimum absolute atomic E-state index is 0.00201. The second kappa shape index (κ2) is 55.2. The van der Waals surface area contributed by atoms with Gasteiger partial charge < -0.3 is 117 Å². The topological polar surface area (TPSA) is 494 Å². The molecule has 6 N–H and O–H groups in total. The summed E-state index contributed by atoms with van der Waals surface area (Å²) < 4.78 is 100. The van der Waals surface area contributed by atoms with Gasteiger partial charge in [-0.05, 0) is 51.4 Å². The van der Waals surface area contributed by atoms with E-state index in [0.717, 1.165) is 0 Å². The number of esters is 9.